The number of nitro groups is 1. The van der Waals surface area contributed by atoms with Crippen LogP contribution in [0.1, 0.15) is 5.56 Å². The van der Waals surface area contributed by atoms with Crippen molar-refractivity contribution in [3.63, 3.8) is 0 Å². The molecule has 1 saturated heterocycles. The Labute approximate surface area is 155 Å². The van der Waals surface area contributed by atoms with E-state index < -0.39 is 16.7 Å². The number of rotatable bonds is 3. The summed E-state index contributed by atoms with van der Waals surface area (Å²) in [6, 6.07) is 10.7. The Morgan fingerprint density at radius 3 is 2.48 bits per heavy atom. The van der Waals surface area contributed by atoms with Crippen molar-refractivity contribution in [3.8, 4) is 0 Å². The molecule has 0 atom stereocenters. The zero-order valence-electron chi connectivity index (χ0n) is 12.4. The molecule has 0 radical (unpaired) electrons. The fourth-order valence-corrected chi connectivity index (χ4v) is 2.77. The molecule has 2 amide bonds. The second-order valence-corrected chi connectivity index (χ2v) is 6.37. The molecule has 7 nitrogen and oxygen atoms in total. The van der Waals surface area contributed by atoms with Crippen molar-refractivity contribution >= 4 is 56.8 Å². The Balaban J connectivity index is 1.95. The van der Waals surface area contributed by atoms with Gasteiger partial charge >= 0.3 is 0 Å². The Hall–Kier alpha value is -2.71. The van der Waals surface area contributed by atoms with E-state index in [2.05, 4.69) is 21.4 Å². The third-order valence-corrected chi connectivity index (χ3v) is 4.38. The number of hydrazine groups is 1. The molecule has 1 N–H and O–H groups in total. The molecule has 0 aromatic heterocycles. The Morgan fingerprint density at radius 2 is 1.84 bits per heavy atom. The van der Waals surface area contributed by atoms with Gasteiger partial charge in [0.1, 0.15) is 5.57 Å². The lowest BCUT2D eigenvalue weighted by atomic mass is 10.1. The Bertz CT molecular complexity index is 927. The van der Waals surface area contributed by atoms with Gasteiger partial charge in [0.2, 0.25) is 0 Å². The van der Waals surface area contributed by atoms with Gasteiger partial charge in [-0.3, -0.25) is 25.1 Å². The number of hydrogen-bond acceptors (Lipinski definition) is 4. The molecule has 1 aliphatic heterocycles. The van der Waals surface area contributed by atoms with E-state index in [1.54, 1.807) is 30.3 Å². The van der Waals surface area contributed by atoms with E-state index in [-0.39, 0.29) is 11.3 Å². The monoisotopic (exact) mass is 421 g/mol. The van der Waals surface area contributed by atoms with E-state index in [4.69, 9.17) is 11.6 Å². The standard InChI is InChI=1S/C16H9BrClN3O4/c17-13-6-1-9(8-14(13)21(24)25)7-12-15(22)19-20(16(12)23)11-4-2-10(18)3-5-11/h1-8H,(H,19,22)/b12-7-. The maximum absolute atomic E-state index is 12.5. The highest BCUT2D eigenvalue weighted by Crippen LogP contribution is 2.28. The SMILES string of the molecule is O=C1NN(c2ccc(Cl)cc2)C(=O)/C1=C\c1ccc(Br)c([N+](=O)[O-])c1. The number of halogens is 2. The van der Waals surface area contributed by atoms with Crippen LogP contribution in [0.3, 0.4) is 0 Å². The first-order valence-corrected chi connectivity index (χ1v) is 8.10. The second kappa shape index (κ2) is 6.66. The lowest BCUT2D eigenvalue weighted by Crippen LogP contribution is -2.35. The average Bonchev–Trinajstić information content (AvgIpc) is 2.85. The normalized spacial score (nSPS) is 15.6. The molecular weight excluding hydrogens is 414 g/mol. The van der Waals surface area contributed by atoms with Crippen LogP contribution in [0.15, 0.2) is 52.5 Å². The van der Waals surface area contributed by atoms with E-state index in [0.29, 0.717) is 20.7 Å². The maximum atomic E-state index is 12.5. The molecule has 1 aliphatic rings. The minimum atomic E-state index is -0.592. The van der Waals surface area contributed by atoms with Crippen LogP contribution in [-0.4, -0.2) is 16.7 Å². The summed E-state index contributed by atoms with van der Waals surface area (Å²) in [5.41, 5.74) is 2.99. The van der Waals surface area contributed by atoms with Crippen LogP contribution in [0.4, 0.5) is 11.4 Å². The molecular formula is C16H9BrClN3O4. The summed E-state index contributed by atoms with van der Waals surface area (Å²) >= 11 is 8.90. The van der Waals surface area contributed by atoms with Gasteiger partial charge in [0.25, 0.3) is 17.5 Å². The van der Waals surface area contributed by atoms with Gasteiger partial charge in [-0.05, 0) is 57.9 Å². The van der Waals surface area contributed by atoms with Gasteiger partial charge in [0.15, 0.2) is 0 Å². The van der Waals surface area contributed by atoms with Crippen LogP contribution < -0.4 is 10.4 Å². The molecule has 2 aromatic carbocycles. The van der Waals surface area contributed by atoms with E-state index in [9.17, 15) is 19.7 Å². The van der Waals surface area contributed by atoms with Crippen LogP contribution in [0.5, 0.6) is 0 Å². The number of anilines is 1. The van der Waals surface area contributed by atoms with Crippen molar-refractivity contribution in [2.45, 2.75) is 0 Å². The number of amides is 2. The van der Waals surface area contributed by atoms with E-state index in [0.717, 1.165) is 5.01 Å². The van der Waals surface area contributed by atoms with Crippen LogP contribution in [0, 0.1) is 10.1 Å². The quantitative estimate of drug-likeness (QED) is 0.355. The van der Waals surface area contributed by atoms with Crippen molar-refractivity contribution in [1.29, 1.82) is 0 Å². The van der Waals surface area contributed by atoms with Crippen LogP contribution in [0.25, 0.3) is 6.08 Å². The molecule has 1 fully saturated rings. The van der Waals surface area contributed by atoms with Gasteiger partial charge in [-0.25, -0.2) is 5.01 Å². The summed E-state index contributed by atoms with van der Waals surface area (Å²) in [4.78, 5) is 35.0. The van der Waals surface area contributed by atoms with E-state index in [1.807, 2.05) is 0 Å². The summed E-state index contributed by atoms with van der Waals surface area (Å²) in [5.74, 6) is -1.15. The molecule has 0 saturated carbocycles. The molecule has 25 heavy (non-hydrogen) atoms. The average molecular weight is 423 g/mol. The van der Waals surface area contributed by atoms with Crippen LogP contribution >= 0.6 is 27.5 Å². The minimum absolute atomic E-state index is 0.119. The smallest absolute Gasteiger partial charge is 0.267 e. The van der Waals surface area contributed by atoms with Crippen LogP contribution in [-0.2, 0) is 9.59 Å². The largest absolute Gasteiger partial charge is 0.284 e. The van der Waals surface area contributed by atoms with Gasteiger partial charge in [-0.1, -0.05) is 17.7 Å². The molecule has 9 heteroatoms. The predicted octanol–water partition coefficient (Wildman–Crippen LogP) is 3.47. The van der Waals surface area contributed by atoms with Gasteiger partial charge in [0, 0.05) is 11.1 Å². The minimum Gasteiger partial charge on any atom is -0.267 e. The first kappa shape index (κ1) is 17.1. The van der Waals surface area contributed by atoms with Gasteiger partial charge in [-0.2, -0.15) is 0 Å². The summed E-state index contributed by atoms with van der Waals surface area (Å²) in [7, 11) is 0. The molecule has 126 valence electrons. The Kier molecular flexibility index (Phi) is 4.56. The van der Waals surface area contributed by atoms with E-state index >= 15 is 0 Å². The van der Waals surface area contributed by atoms with Gasteiger partial charge in [-0.15, -0.1) is 0 Å². The molecule has 3 rings (SSSR count). The molecule has 0 unspecified atom stereocenters. The maximum Gasteiger partial charge on any atom is 0.284 e. The summed E-state index contributed by atoms with van der Waals surface area (Å²) in [6.07, 6.45) is 1.31. The predicted molar refractivity (Wildman–Crippen MR) is 95.9 cm³/mol. The van der Waals surface area contributed by atoms with Gasteiger partial charge in [0.05, 0.1) is 15.1 Å². The Morgan fingerprint density at radius 1 is 1.16 bits per heavy atom. The number of nitrogens with zero attached hydrogens (tertiary/aromatic N) is 2. The molecule has 0 spiro atoms. The highest BCUT2D eigenvalue weighted by atomic mass is 79.9. The number of nitro benzene ring substituents is 1. The topological polar surface area (TPSA) is 92.6 Å². The fraction of sp³-hybridized carbons (Fsp3) is 0. The van der Waals surface area contributed by atoms with Crippen molar-refractivity contribution in [2.24, 2.45) is 0 Å². The molecule has 1 heterocycles. The van der Waals surface area contributed by atoms with Crippen molar-refractivity contribution in [3.05, 3.63) is 73.2 Å². The lowest BCUT2D eigenvalue weighted by Gasteiger charge is -2.14. The number of nitrogens with one attached hydrogen (secondary N) is 1. The lowest BCUT2D eigenvalue weighted by molar-refractivity contribution is -0.385. The summed E-state index contributed by atoms with van der Waals surface area (Å²) in [5, 5.41) is 12.6. The number of hydrogen-bond donors (Lipinski definition) is 1. The molecule has 0 bridgehead atoms. The first-order chi connectivity index (χ1) is 11.9. The number of benzene rings is 2. The third kappa shape index (κ3) is 3.40. The summed E-state index contributed by atoms with van der Waals surface area (Å²) in [6.45, 7) is 0. The zero-order chi connectivity index (χ0) is 18.1. The first-order valence-electron chi connectivity index (χ1n) is 6.93. The number of carbonyl (C=O) groups excluding carboxylic acids is 2. The second-order valence-electron chi connectivity index (χ2n) is 5.08. The molecule has 2 aromatic rings. The fourth-order valence-electron chi connectivity index (χ4n) is 2.26. The highest BCUT2D eigenvalue weighted by molar-refractivity contribution is 9.10. The molecule has 0 aliphatic carbocycles. The zero-order valence-corrected chi connectivity index (χ0v) is 14.7. The van der Waals surface area contributed by atoms with Crippen LogP contribution in [0.2, 0.25) is 5.02 Å². The number of carbonyl (C=O) groups is 2. The van der Waals surface area contributed by atoms with Crippen molar-refractivity contribution < 1.29 is 14.5 Å². The third-order valence-electron chi connectivity index (χ3n) is 3.45. The van der Waals surface area contributed by atoms with Gasteiger partial charge < -0.3 is 0 Å². The summed E-state index contributed by atoms with van der Waals surface area (Å²) < 4.78 is 0.310. The highest BCUT2D eigenvalue weighted by Gasteiger charge is 2.34. The van der Waals surface area contributed by atoms with E-state index in [1.165, 1.54) is 18.2 Å². The van der Waals surface area contributed by atoms with Crippen molar-refractivity contribution in [1.82, 2.24) is 5.43 Å². The van der Waals surface area contributed by atoms with Crippen molar-refractivity contribution in [2.75, 3.05) is 5.01 Å².